The molecule has 0 aliphatic carbocycles. The van der Waals surface area contributed by atoms with Crippen molar-refractivity contribution in [1.82, 2.24) is 4.98 Å². The first-order valence-electron chi connectivity index (χ1n) is 4.91. The molecule has 0 fully saturated rings. The number of aldehydes is 1. The molecule has 0 saturated carbocycles. The van der Waals surface area contributed by atoms with Crippen LogP contribution in [0.1, 0.15) is 15.4 Å². The fourth-order valence-corrected chi connectivity index (χ4v) is 2.55. The van der Waals surface area contributed by atoms with Crippen LogP contribution in [0.2, 0.25) is 5.02 Å². The second kappa shape index (κ2) is 4.85. The quantitative estimate of drug-likeness (QED) is 0.798. The van der Waals surface area contributed by atoms with E-state index in [2.05, 4.69) is 4.98 Å². The van der Waals surface area contributed by atoms with E-state index in [1.165, 1.54) is 11.3 Å². The smallest absolute Gasteiger partial charge is 0.178 e. The molecule has 0 aliphatic heterocycles. The highest BCUT2D eigenvalue weighted by atomic mass is 35.5. The number of halogens is 1. The first-order valence-corrected chi connectivity index (χ1v) is 6.16. The van der Waals surface area contributed by atoms with Crippen molar-refractivity contribution in [2.45, 2.75) is 6.92 Å². The van der Waals surface area contributed by atoms with E-state index in [0.717, 1.165) is 23.2 Å². The van der Waals surface area contributed by atoms with Gasteiger partial charge in [0.1, 0.15) is 5.75 Å². The summed E-state index contributed by atoms with van der Waals surface area (Å²) >= 11 is 7.32. The van der Waals surface area contributed by atoms with Crippen molar-refractivity contribution in [2.75, 3.05) is 7.11 Å². The summed E-state index contributed by atoms with van der Waals surface area (Å²) in [7, 11) is 1.60. The van der Waals surface area contributed by atoms with Gasteiger partial charge in [0.05, 0.1) is 12.8 Å². The number of ether oxygens (including phenoxy) is 1. The molecule has 0 radical (unpaired) electrons. The van der Waals surface area contributed by atoms with E-state index >= 15 is 0 Å². The molecule has 1 aromatic carbocycles. The minimum absolute atomic E-state index is 0.444. The Kier molecular flexibility index (Phi) is 3.45. The van der Waals surface area contributed by atoms with E-state index in [1.807, 2.05) is 18.4 Å². The van der Waals surface area contributed by atoms with Crippen LogP contribution in [0.4, 0.5) is 0 Å². The highest BCUT2D eigenvalue weighted by molar-refractivity contribution is 7.11. The fraction of sp³-hybridized carbons (Fsp3) is 0.167. The molecule has 0 aliphatic rings. The van der Waals surface area contributed by atoms with Crippen LogP contribution in [0.25, 0.3) is 11.3 Å². The van der Waals surface area contributed by atoms with Gasteiger partial charge in [0.25, 0.3) is 0 Å². The van der Waals surface area contributed by atoms with Crippen molar-refractivity contribution >= 4 is 29.2 Å². The van der Waals surface area contributed by atoms with Crippen LogP contribution < -0.4 is 4.74 Å². The number of nitrogens with zero attached hydrogens (tertiary/aromatic N) is 1. The number of rotatable bonds is 3. The Hall–Kier alpha value is -1.39. The summed E-state index contributed by atoms with van der Waals surface area (Å²) in [6.07, 6.45) is 0.734. The highest BCUT2D eigenvalue weighted by Crippen LogP contribution is 2.35. The number of carbonyl (C=O) groups excluding carboxylic acids is 1. The van der Waals surface area contributed by atoms with Gasteiger partial charge >= 0.3 is 0 Å². The zero-order chi connectivity index (χ0) is 12.4. The van der Waals surface area contributed by atoms with Crippen LogP contribution in [-0.2, 0) is 0 Å². The Morgan fingerprint density at radius 3 is 2.82 bits per heavy atom. The maximum Gasteiger partial charge on any atom is 0.178 e. The average Bonchev–Trinajstić information content (AvgIpc) is 2.76. The minimum atomic E-state index is 0.444. The second-order valence-corrected chi connectivity index (χ2v) is 4.82. The predicted octanol–water partition coefficient (Wildman–Crippen LogP) is 3.59. The molecule has 17 heavy (non-hydrogen) atoms. The lowest BCUT2D eigenvalue weighted by atomic mass is 10.1. The van der Waals surface area contributed by atoms with Gasteiger partial charge in [-0.2, -0.15) is 0 Å². The molecule has 0 amide bonds. The van der Waals surface area contributed by atoms with Crippen LogP contribution in [0, 0.1) is 6.92 Å². The number of hydrogen-bond acceptors (Lipinski definition) is 4. The molecule has 1 heterocycles. The van der Waals surface area contributed by atoms with Crippen LogP contribution in [-0.4, -0.2) is 18.4 Å². The molecule has 1 aromatic heterocycles. The molecular formula is C12H10ClNO2S. The van der Waals surface area contributed by atoms with Crippen molar-refractivity contribution < 1.29 is 9.53 Å². The van der Waals surface area contributed by atoms with Gasteiger partial charge < -0.3 is 4.74 Å². The number of benzene rings is 1. The van der Waals surface area contributed by atoms with Gasteiger partial charge in [0.15, 0.2) is 11.3 Å². The van der Waals surface area contributed by atoms with Crippen molar-refractivity contribution in [2.24, 2.45) is 0 Å². The molecule has 0 saturated heterocycles. The number of thiazole rings is 1. The summed E-state index contributed by atoms with van der Waals surface area (Å²) < 4.78 is 5.35. The minimum Gasteiger partial charge on any atom is -0.496 e. The monoisotopic (exact) mass is 267 g/mol. The molecule has 2 aromatic rings. The van der Waals surface area contributed by atoms with Crippen molar-refractivity contribution in [3.63, 3.8) is 0 Å². The van der Waals surface area contributed by atoms with Gasteiger partial charge in [-0.05, 0) is 24.6 Å². The maximum absolute atomic E-state index is 10.6. The Bertz CT molecular complexity index is 566. The SMILES string of the molecule is COc1c(C)cc(Cl)cc1-c1csc(C=O)n1. The molecule has 3 nitrogen and oxygen atoms in total. The van der Waals surface area contributed by atoms with E-state index in [1.54, 1.807) is 13.2 Å². The molecule has 88 valence electrons. The third-order valence-electron chi connectivity index (χ3n) is 2.34. The number of aromatic nitrogens is 1. The maximum atomic E-state index is 10.6. The molecule has 2 rings (SSSR count). The van der Waals surface area contributed by atoms with E-state index < -0.39 is 0 Å². The Labute approximate surface area is 108 Å². The topological polar surface area (TPSA) is 39.2 Å². The van der Waals surface area contributed by atoms with Crippen molar-refractivity contribution in [3.05, 3.63) is 33.1 Å². The number of aryl methyl sites for hydroxylation is 1. The highest BCUT2D eigenvalue weighted by Gasteiger charge is 2.13. The molecule has 0 atom stereocenters. The van der Waals surface area contributed by atoms with E-state index in [0.29, 0.717) is 15.7 Å². The lowest BCUT2D eigenvalue weighted by Gasteiger charge is -2.10. The number of hydrogen-bond donors (Lipinski definition) is 0. The van der Waals surface area contributed by atoms with Crippen LogP contribution in [0.3, 0.4) is 0 Å². The predicted molar refractivity (Wildman–Crippen MR) is 69.2 cm³/mol. The van der Waals surface area contributed by atoms with E-state index in [-0.39, 0.29) is 0 Å². The molecule has 0 N–H and O–H groups in total. The van der Waals surface area contributed by atoms with Gasteiger partial charge in [-0.3, -0.25) is 4.79 Å². The summed E-state index contributed by atoms with van der Waals surface area (Å²) in [4.78, 5) is 14.8. The van der Waals surface area contributed by atoms with Crippen molar-refractivity contribution in [1.29, 1.82) is 0 Å². The lowest BCUT2D eigenvalue weighted by Crippen LogP contribution is -1.92. The lowest BCUT2D eigenvalue weighted by molar-refractivity contribution is 0.112. The second-order valence-electron chi connectivity index (χ2n) is 3.49. The van der Waals surface area contributed by atoms with Crippen LogP contribution in [0.5, 0.6) is 5.75 Å². The average molecular weight is 268 g/mol. The Morgan fingerprint density at radius 1 is 1.47 bits per heavy atom. The van der Waals surface area contributed by atoms with Crippen LogP contribution in [0.15, 0.2) is 17.5 Å². The number of carbonyl (C=O) groups is 1. The fourth-order valence-electron chi connectivity index (χ4n) is 1.66. The van der Waals surface area contributed by atoms with Gasteiger partial charge in [-0.15, -0.1) is 11.3 Å². The zero-order valence-electron chi connectivity index (χ0n) is 9.36. The van der Waals surface area contributed by atoms with Gasteiger partial charge in [0, 0.05) is 16.0 Å². The molecule has 0 spiro atoms. The first-order chi connectivity index (χ1) is 8.15. The van der Waals surface area contributed by atoms with Crippen LogP contribution >= 0.6 is 22.9 Å². The summed E-state index contributed by atoms with van der Waals surface area (Å²) in [6, 6.07) is 3.62. The summed E-state index contributed by atoms with van der Waals surface area (Å²) in [6.45, 7) is 1.92. The normalized spacial score (nSPS) is 10.3. The van der Waals surface area contributed by atoms with Crippen molar-refractivity contribution in [3.8, 4) is 17.0 Å². The Balaban J connectivity index is 2.60. The first kappa shape index (κ1) is 12.1. The summed E-state index contributed by atoms with van der Waals surface area (Å²) in [5, 5.41) is 2.89. The van der Waals surface area contributed by atoms with Gasteiger partial charge in [0.2, 0.25) is 0 Å². The summed E-state index contributed by atoms with van der Waals surface area (Å²) in [5.41, 5.74) is 2.46. The number of methoxy groups -OCH3 is 1. The third kappa shape index (κ3) is 2.33. The molecule has 5 heteroatoms. The zero-order valence-corrected chi connectivity index (χ0v) is 10.9. The standard InChI is InChI=1S/C12H10ClNO2S/c1-7-3-8(13)4-9(12(7)16-2)10-6-17-11(5-15)14-10/h3-6H,1-2H3. The summed E-state index contributed by atoms with van der Waals surface area (Å²) in [5.74, 6) is 0.733. The van der Waals surface area contributed by atoms with E-state index in [4.69, 9.17) is 16.3 Å². The van der Waals surface area contributed by atoms with E-state index in [9.17, 15) is 4.79 Å². The molecular weight excluding hydrogens is 258 g/mol. The molecule has 0 bridgehead atoms. The molecule has 0 unspecified atom stereocenters. The van der Waals surface area contributed by atoms with Gasteiger partial charge in [-0.1, -0.05) is 11.6 Å². The largest absolute Gasteiger partial charge is 0.496 e. The Morgan fingerprint density at radius 2 is 2.24 bits per heavy atom. The van der Waals surface area contributed by atoms with Gasteiger partial charge in [-0.25, -0.2) is 4.98 Å². The third-order valence-corrected chi connectivity index (χ3v) is 3.33.